The van der Waals surface area contributed by atoms with Crippen LogP contribution in [0.3, 0.4) is 0 Å². The van der Waals surface area contributed by atoms with Gasteiger partial charge in [-0.1, -0.05) is 77.0 Å². The third-order valence-corrected chi connectivity index (χ3v) is 11.8. The van der Waals surface area contributed by atoms with Gasteiger partial charge in [-0.3, -0.25) is 0 Å². The molecule has 0 aliphatic heterocycles. The molecule has 0 radical (unpaired) electrons. The molecule has 4 aliphatic carbocycles. The number of rotatable bonds is 10. The molecule has 0 aromatic carbocycles. The van der Waals surface area contributed by atoms with Crippen LogP contribution in [0.2, 0.25) is 0 Å². The van der Waals surface area contributed by atoms with E-state index >= 15 is 0 Å². The molecular formula is C34H54O7. The summed E-state index contributed by atoms with van der Waals surface area (Å²) in [6.45, 7) is 13.4. The summed E-state index contributed by atoms with van der Waals surface area (Å²) in [6, 6.07) is 0. The maximum Gasteiger partial charge on any atom is 0.338 e. The molecule has 4 aliphatic rings. The zero-order valence-corrected chi connectivity index (χ0v) is 25.9. The number of aliphatic hydroxyl groups is 5. The lowest BCUT2D eigenvalue weighted by Gasteiger charge is -2.55. The van der Waals surface area contributed by atoms with E-state index in [1.54, 1.807) is 5.57 Å². The first-order valence-corrected chi connectivity index (χ1v) is 15.9. The van der Waals surface area contributed by atoms with Crippen molar-refractivity contribution in [1.82, 2.24) is 0 Å². The summed E-state index contributed by atoms with van der Waals surface area (Å²) >= 11 is 0. The zero-order valence-electron chi connectivity index (χ0n) is 25.9. The van der Waals surface area contributed by atoms with E-state index in [4.69, 9.17) is 9.84 Å². The molecule has 0 aromatic heterocycles. The normalized spacial score (nSPS) is 37.7. The van der Waals surface area contributed by atoms with Crippen molar-refractivity contribution < 1.29 is 35.1 Å². The Morgan fingerprint density at radius 1 is 0.951 bits per heavy atom. The lowest BCUT2D eigenvalue weighted by Crippen LogP contribution is -2.50. The molecule has 0 unspecified atom stereocenters. The fourth-order valence-corrected chi connectivity index (χ4v) is 8.58. The fraction of sp³-hybridized carbons (Fsp3) is 0.794. The molecule has 7 nitrogen and oxygen atoms in total. The summed E-state index contributed by atoms with van der Waals surface area (Å²) in [4.78, 5) is 12.6. The largest absolute Gasteiger partial charge is 0.460 e. The number of hydrogen-bond donors (Lipinski definition) is 5. The predicted molar refractivity (Wildman–Crippen MR) is 158 cm³/mol. The summed E-state index contributed by atoms with van der Waals surface area (Å²) in [5.41, 5.74) is 3.22. The second-order valence-corrected chi connectivity index (χ2v) is 14.4. The molecule has 41 heavy (non-hydrogen) atoms. The van der Waals surface area contributed by atoms with E-state index in [2.05, 4.69) is 65.8 Å². The van der Waals surface area contributed by atoms with Crippen molar-refractivity contribution in [2.75, 3.05) is 6.61 Å². The number of esters is 1. The van der Waals surface area contributed by atoms with Crippen LogP contribution < -0.4 is 0 Å². The van der Waals surface area contributed by atoms with Gasteiger partial charge in [-0.15, -0.1) is 0 Å². The van der Waals surface area contributed by atoms with Crippen LogP contribution in [0.5, 0.6) is 0 Å². The molecular weight excluding hydrogens is 520 g/mol. The van der Waals surface area contributed by atoms with Gasteiger partial charge in [-0.25, -0.2) is 4.79 Å². The molecule has 0 aromatic rings. The van der Waals surface area contributed by atoms with E-state index < -0.39 is 43.1 Å². The Kier molecular flexibility index (Phi) is 9.97. The second-order valence-electron chi connectivity index (χ2n) is 14.4. The Morgan fingerprint density at radius 3 is 2.32 bits per heavy atom. The van der Waals surface area contributed by atoms with E-state index in [1.807, 2.05) is 0 Å². The molecule has 4 rings (SSSR count). The van der Waals surface area contributed by atoms with E-state index in [1.165, 1.54) is 31.3 Å². The van der Waals surface area contributed by atoms with Gasteiger partial charge < -0.3 is 30.3 Å². The minimum absolute atomic E-state index is 0.0180. The van der Waals surface area contributed by atoms with Crippen molar-refractivity contribution in [2.24, 2.45) is 46.3 Å². The Bertz CT molecular complexity index is 1030. The summed E-state index contributed by atoms with van der Waals surface area (Å²) in [5, 5.41) is 48.7. The minimum atomic E-state index is -2.01. The molecule has 0 bridgehead atoms. The van der Waals surface area contributed by atoms with Crippen LogP contribution in [0.1, 0.15) is 86.5 Å². The third-order valence-electron chi connectivity index (χ3n) is 11.8. The number of carbonyl (C=O) groups is 1. The molecule has 12 atom stereocenters. The standard InChI is InChI=1S/C34H54O7/c1-19(2)20(3)7-8-21(4)25-11-12-26-24-10-9-22-17-23(13-15-33(22,5)27(24)14-16-34(25,26)6)41-32(40)31(39)30(38)29(37)28(36)18-35/h7-10,19-21,23,25-31,35-39H,11-18H2,1-6H3/b8-7+/t20-,21+,23-,25+,26-,27-,28+,29+,30-,31+,33-,34+/m0/s1. The van der Waals surface area contributed by atoms with Crippen molar-refractivity contribution in [2.45, 2.75) is 117 Å². The molecule has 7 heteroatoms. The first-order valence-electron chi connectivity index (χ1n) is 15.9. The highest BCUT2D eigenvalue weighted by Crippen LogP contribution is 2.66. The number of fused-ring (bicyclic) bond motifs is 5. The molecule has 3 saturated carbocycles. The summed E-state index contributed by atoms with van der Waals surface area (Å²) in [7, 11) is 0. The Balaban J connectivity index is 1.44. The van der Waals surface area contributed by atoms with Crippen LogP contribution in [0, 0.1) is 46.3 Å². The molecule has 0 saturated heterocycles. The van der Waals surface area contributed by atoms with Crippen LogP contribution in [0.25, 0.3) is 0 Å². The zero-order chi connectivity index (χ0) is 30.3. The SMILES string of the molecule is CC(C)[C@@H](C)/C=C/[C@@H](C)[C@H]1CC[C@H]2C3=CC=C4C[C@@H](OC(=O)[C@H](O)[C@@H](O)[C@H](O)[C@H](O)CO)CC[C@]4(C)[C@H]3CC[C@]12C. The molecule has 0 spiro atoms. The average molecular weight is 575 g/mol. The predicted octanol–water partition coefficient (Wildman–Crippen LogP) is 4.32. The van der Waals surface area contributed by atoms with Crippen molar-refractivity contribution >= 4 is 5.97 Å². The molecule has 5 N–H and O–H groups in total. The summed E-state index contributed by atoms with van der Waals surface area (Å²) in [5.74, 6) is 2.58. The summed E-state index contributed by atoms with van der Waals surface area (Å²) in [6.07, 6.45) is 8.64. The van der Waals surface area contributed by atoms with Crippen LogP contribution >= 0.6 is 0 Å². The van der Waals surface area contributed by atoms with Crippen molar-refractivity contribution in [3.8, 4) is 0 Å². The van der Waals surface area contributed by atoms with E-state index in [0.29, 0.717) is 53.8 Å². The van der Waals surface area contributed by atoms with Crippen molar-refractivity contribution in [1.29, 1.82) is 0 Å². The highest BCUT2D eigenvalue weighted by Gasteiger charge is 2.57. The Labute approximate surface area is 246 Å². The number of allylic oxidation sites excluding steroid dienone is 5. The number of aliphatic hydroxyl groups excluding tert-OH is 5. The first kappa shape index (κ1) is 32.4. The minimum Gasteiger partial charge on any atom is -0.460 e. The van der Waals surface area contributed by atoms with Gasteiger partial charge in [0.05, 0.1) is 6.61 Å². The van der Waals surface area contributed by atoms with Gasteiger partial charge in [0.25, 0.3) is 0 Å². The van der Waals surface area contributed by atoms with Crippen molar-refractivity contribution in [3.05, 3.63) is 35.5 Å². The number of hydrogen-bond acceptors (Lipinski definition) is 7. The molecule has 0 amide bonds. The van der Waals surface area contributed by atoms with Gasteiger partial charge in [0.2, 0.25) is 0 Å². The molecule has 0 heterocycles. The quantitative estimate of drug-likeness (QED) is 0.194. The lowest BCUT2D eigenvalue weighted by molar-refractivity contribution is -0.176. The van der Waals surface area contributed by atoms with Gasteiger partial charge in [0.1, 0.15) is 24.4 Å². The topological polar surface area (TPSA) is 127 Å². The van der Waals surface area contributed by atoms with Gasteiger partial charge in [0.15, 0.2) is 6.10 Å². The van der Waals surface area contributed by atoms with Crippen molar-refractivity contribution in [3.63, 3.8) is 0 Å². The fourth-order valence-electron chi connectivity index (χ4n) is 8.58. The monoisotopic (exact) mass is 574 g/mol. The van der Waals surface area contributed by atoms with Gasteiger partial charge in [-0.2, -0.15) is 0 Å². The van der Waals surface area contributed by atoms with Crippen LogP contribution in [-0.4, -0.2) is 68.6 Å². The van der Waals surface area contributed by atoms with E-state index in [9.17, 15) is 25.2 Å². The Hall–Kier alpha value is -1.51. The molecule has 232 valence electrons. The van der Waals surface area contributed by atoms with Crippen LogP contribution in [0.4, 0.5) is 0 Å². The smallest absolute Gasteiger partial charge is 0.338 e. The second kappa shape index (κ2) is 12.6. The van der Waals surface area contributed by atoms with Gasteiger partial charge >= 0.3 is 5.97 Å². The highest BCUT2D eigenvalue weighted by molar-refractivity contribution is 5.75. The van der Waals surface area contributed by atoms with E-state index in [0.717, 1.165) is 6.42 Å². The Morgan fingerprint density at radius 2 is 1.66 bits per heavy atom. The third kappa shape index (κ3) is 6.12. The first-order chi connectivity index (χ1) is 19.2. The number of ether oxygens (including phenoxy) is 1. The lowest BCUT2D eigenvalue weighted by atomic mass is 9.50. The number of carbonyl (C=O) groups excluding carboxylic acids is 1. The average Bonchev–Trinajstić information content (AvgIpc) is 3.31. The van der Waals surface area contributed by atoms with Crippen LogP contribution in [-0.2, 0) is 9.53 Å². The maximum atomic E-state index is 12.6. The van der Waals surface area contributed by atoms with E-state index in [-0.39, 0.29) is 5.41 Å². The van der Waals surface area contributed by atoms with Crippen LogP contribution in [0.15, 0.2) is 35.5 Å². The molecule has 3 fully saturated rings. The summed E-state index contributed by atoms with van der Waals surface area (Å²) < 4.78 is 5.58. The van der Waals surface area contributed by atoms with Gasteiger partial charge in [0, 0.05) is 6.42 Å². The maximum absolute atomic E-state index is 12.6. The van der Waals surface area contributed by atoms with Gasteiger partial charge in [-0.05, 0) is 84.9 Å². The highest BCUT2D eigenvalue weighted by atomic mass is 16.6.